The van der Waals surface area contributed by atoms with Crippen molar-refractivity contribution in [1.82, 2.24) is 24.5 Å². The zero-order valence-electron chi connectivity index (χ0n) is 20.3. The molecule has 1 aliphatic rings. The molecule has 1 fully saturated rings. The molecular weight excluding hydrogens is 452 g/mol. The Morgan fingerprint density at radius 2 is 1.67 bits per heavy atom. The number of rotatable bonds is 4. The monoisotopic (exact) mass is 478 g/mol. The lowest BCUT2D eigenvalue weighted by Crippen LogP contribution is -2.49. The molecule has 8 nitrogen and oxygen atoms in total. The van der Waals surface area contributed by atoms with Gasteiger partial charge in [0.1, 0.15) is 5.75 Å². The lowest BCUT2D eigenvalue weighted by atomic mass is 10.1. The van der Waals surface area contributed by atoms with Crippen LogP contribution in [0.15, 0.2) is 72.8 Å². The van der Waals surface area contributed by atoms with E-state index in [-0.39, 0.29) is 5.91 Å². The van der Waals surface area contributed by atoms with Crippen molar-refractivity contribution in [2.75, 3.05) is 38.2 Å². The van der Waals surface area contributed by atoms with Crippen molar-refractivity contribution in [1.29, 1.82) is 0 Å². The van der Waals surface area contributed by atoms with Crippen molar-refractivity contribution in [3.05, 3.63) is 83.9 Å². The maximum Gasteiger partial charge on any atom is 0.253 e. The van der Waals surface area contributed by atoms with E-state index in [0.29, 0.717) is 32.0 Å². The Hall–Kier alpha value is -4.46. The summed E-state index contributed by atoms with van der Waals surface area (Å²) in [5, 5.41) is 10.1. The van der Waals surface area contributed by atoms with Crippen LogP contribution in [0.3, 0.4) is 0 Å². The molecule has 0 saturated carbocycles. The average Bonchev–Trinajstić information content (AvgIpc) is 3.38. The third kappa shape index (κ3) is 3.71. The molecule has 3 aromatic carbocycles. The summed E-state index contributed by atoms with van der Waals surface area (Å²) in [5.41, 5.74) is 4.26. The fraction of sp³-hybridized carbons (Fsp3) is 0.214. The number of anilines is 1. The minimum Gasteiger partial charge on any atom is -0.496 e. The molecule has 0 spiro atoms. The Morgan fingerprint density at radius 3 is 2.47 bits per heavy atom. The molecule has 6 rings (SSSR count). The van der Waals surface area contributed by atoms with Gasteiger partial charge in [-0.05, 0) is 43.3 Å². The first-order valence-corrected chi connectivity index (χ1v) is 12.0. The van der Waals surface area contributed by atoms with Crippen LogP contribution in [0.4, 0.5) is 5.95 Å². The average molecular weight is 479 g/mol. The molecule has 0 radical (unpaired) electrons. The molecular formula is C28H26N6O2. The molecule has 1 aliphatic heterocycles. The van der Waals surface area contributed by atoms with Gasteiger partial charge in [-0.1, -0.05) is 42.0 Å². The van der Waals surface area contributed by atoms with Gasteiger partial charge < -0.3 is 14.5 Å². The molecule has 0 unspecified atom stereocenters. The first kappa shape index (κ1) is 22.0. The molecule has 8 heteroatoms. The number of benzene rings is 3. The van der Waals surface area contributed by atoms with E-state index >= 15 is 0 Å². The Kier molecular flexibility index (Phi) is 5.48. The number of carbonyl (C=O) groups excluding carboxylic acids is 1. The van der Waals surface area contributed by atoms with Gasteiger partial charge in [-0.15, -0.1) is 10.2 Å². The van der Waals surface area contributed by atoms with Crippen LogP contribution < -0.4 is 9.64 Å². The predicted molar refractivity (Wildman–Crippen MR) is 140 cm³/mol. The molecule has 0 aliphatic carbocycles. The number of methoxy groups -OCH3 is 1. The summed E-state index contributed by atoms with van der Waals surface area (Å²) in [6.45, 7) is 4.52. The molecule has 3 heterocycles. The Balaban J connectivity index is 1.40. The highest BCUT2D eigenvalue weighted by Crippen LogP contribution is 2.33. The number of hydrogen-bond donors (Lipinski definition) is 0. The van der Waals surface area contributed by atoms with Gasteiger partial charge in [0.25, 0.3) is 5.91 Å². The molecule has 36 heavy (non-hydrogen) atoms. The standard InChI is InChI=1S/C28H26N6O2/c1-19-8-7-9-20(18-19)27(35)32-14-16-33(17-15-32)28-29-23-12-5-3-10-21(23)25-30-31-26(34(25)28)22-11-4-6-13-24(22)36-2/h3-13,18H,14-17H2,1-2H3. The largest absolute Gasteiger partial charge is 0.496 e. The molecule has 180 valence electrons. The molecule has 0 bridgehead atoms. The summed E-state index contributed by atoms with van der Waals surface area (Å²) >= 11 is 0. The highest BCUT2D eigenvalue weighted by molar-refractivity contribution is 5.95. The van der Waals surface area contributed by atoms with Gasteiger partial charge in [0.2, 0.25) is 5.95 Å². The second-order valence-corrected chi connectivity index (χ2v) is 8.96. The number of ether oxygens (including phenoxy) is 1. The number of carbonyl (C=O) groups is 1. The number of aryl methyl sites for hydroxylation is 1. The van der Waals surface area contributed by atoms with E-state index in [1.807, 2.05) is 89.0 Å². The van der Waals surface area contributed by atoms with E-state index in [4.69, 9.17) is 9.72 Å². The Bertz CT molecular complexity index is 1590. The topological polar surface area (TPSA) is 75.9 Å². The van der Waals surface area contributed by atoms with Crippen LogP contribution in [0, 0.1) is 6.92 Å². The zero-order valence-corrected chi connectivity index (χ0v) is 20.3. The van der Waals surface area contributed by atoms with Crippen molar-refractivity contribution in [2.24, 2.45) is 0 Å². The zero-order chi connectivity index (χ0) is 24.6. The quantitative estimate of drug-likeness (QED) is 0.385. The van der Waals surface area contributed by atoms with Gasteiger partial charge in [-0.25, -0.2) is 9.38 Å². The van der Waals surface area contributed by atoms with Crippen LogP contribution in [-0.4, -0.2) is 63.7 Å². The van der Waals surface area contributed by atoms with E-state index < -0.39 is 0 Å². The molecule has 0 N–H and O–H groups in total. The van der Waals surface area contributed by atoms with Crippen molar-refractivity contribution >= 4 is 28.4 Å². The third-order valence-electron chi connectivity index (χ3n) is 6.69. The van der Waals surface area contributed by atoms with E-state index in [0.717, 1.165) is 44.9 Å². The second kappa shape index (κ2) is 8.96. The molecule has 0 atom stereocenters. The minimum absolute atomic E-state index is 0.0639. The maximum atomic E-state index is 13.1. The van der Waals surface area contributed by atoms with Gasteiger partial charge in [0, 0.05) is 37.1 Å². The number of para-hydroxylation sites is 2. The smallest absolute Gasteiger partial charge is 0.253 e. The SMILES string of the molecule is COc1ccccc1-c1nnc2c3ccccc3nc(N3CCN(C(=O)c4cccc(C)c4)CC3)n12. The van der Waals surface area contributed by atoms with Gasteiger partial charge in [-0.2, -0.15) is 0 Å². The van der Waals surface area contributed by atoms with Crippen LogP contribution >= 0.6 is 0 Å². The van der Waals surface area contributed by atoms with Gasteiger partial charge >= 0.3 is 0 Å². The van der Waals surface area contributed by atoms with E-state index in [1.165, 1.54) is 0 Å². The van der Waals surface area contributed by atoms with E-state index in [1.54, 1.807) is 7.11 Å². The number of amides is 1. The maximum absolute atomic E-state index is 13.1. The van der Waals surface area contributed by atoms with Gasteiger partial charge in [-0.3, -0.25) is 4.79 Å². The highest BCUT2D eigenvalue weighted by atomic mass is 16.5. The summed E-state index contributed by atoms with van der Waals surface area (Å²) in [5.74, 6) is 2.22. The van der Waals surface area contributed by atoms with Crippen LogP contribution in [0.1, 0.15) is 15.9 Å². The molecule has 1 amide bonds. The van der Waals surface area contributed by atoms with Crippen LogP contribution in [0.2, 0.25) is 0 Å². The predicted octanol–water partition coefficient (Wildman–Crippen LogP) is 4.22. The Labute approximate surface area is 208 Å². The first-order chi connectivity index (χ1) is 17.6. The number of fused-ring (bicyclic) bond motifs is 3. The van der Waals surface area contributed by atoms with E-state index in [2.05, 4.69) is 15.1 Å². The van der Waals surface area contributed by atoms with Crippen LogP contribution in [-0.2, 0) is 0 Å². The Morgan fingerprint density at radius 1 is 0.889 bits per heavy atom. The summed E-state index contributed by atoms with van der Waals surface area (Å²) in [7, 11) is 1.65. The van der Waals surface area contributed by atoms with Crippen molar-refractivity contribution in [3.8, 4) is 17.1 Å². The second-order valence-electron chi connectivity index (χ2n) is 8.96. The lowest BCUT2D eigenvalue weighted by Gasteiger charge is -2.35. The fourth-order valence-corrected chi connectivity index (χ4v) is 4.85. The fourth-order valence-electron chi connectivity index (χ4n) is 4.85. The summed E-state index contributed by atoms with van der Waals surface area (Å²) in [6.07, 6.45) is 0. The molecule has 5 aromatic rings. The number of nitrogens with zero attached hydrogens (tertiary/aromatic N) is 6. The molecule has 1 saturated heterocycles. The first-order valence-electron chi connectivity index (χ1n) is 12.0. The van der Waals surface area contributed by atoms with E-state index in [9.17, 15) is 4.79 Å². The summed E-state index contributed by atoms with van der Waals surface area (Å²) in [4.78, 5) is 22.3. The highest BCUT2D eigenvalue weighted by Gasteiger charge is 2.27. The number of piperazine rings is 1. The van der Waals surface area contributed by atoms with Crippen LogP contribution in [0.5, 0.6) is 5.75 Å². The minimum atomic E-state index is 0.0639. The third-order valence-corrected chi connectivity index (χ3v) is 6.69. The number of aromatic nitrogens is 4. The van der Waals surface area contributed by atoms with Crippen molar-refractivity contribution in [2.45, 2.75) is 6.92 Å². The van der Waals surface area contributed by atoms with Crippen molar-refractivity contribution < 1.29 is 9.53 Å². The van der Waals surface area contributed by atoms with Crippen molar-refractivity contribution in [3.63, 3.8) is 0 Å². The summed E-state index contributed by atoms with van der Waals surface area (Å²) < 4.78 is 7.63. The lowest BCUT2D eigenvalue weighted by molar-refractivity contribution is 0.0746. The van der Waals surface area contributed by atoms with Gasteiger partial charge in [0.05, 0.1) is 18.2 Å². The molecule has 2 aromatic heterocycles. The summed E-state index contributed by atoms with van der Waals surface area (Å²) in [6, 6.07) is 23.5. The van der Waals surface area contributed by atoms with Gasteiger partial charge in [0.15, 0.2) is 11.5 Å². The number of hydrogen-bond acceptors (Lipinski definition) is 6. The van der Waals surface area contributed by atoms with Crippen LogP contribution in [0.25, 0.3) is 27.9 Å². The normalized spacial score (nSPS) is 13.9.